The number of halogens is 1. The van der Waals surface area contributed by atoms with Crippen LogP contribution >= 0.6 is 0 Å². The highest BCUT2D eigenvalue weighted by atomic mass is 19.1. The van der Waals surface area contributed by atoms with Crippen molar-refractivity contribution in [3.05, 3.63) is 149 Å². The molecular weight excluding hydrogens is 565 g/mol. The summed E-state index contributed by atoms with van der Waals surface area (Å²) in [6, 6.07) is 37.0. The molecule has 232 valence electrons. The minimum absolute atomic E-state index is 0.113. The molecule has 1 aliphatic rings. The summed E-state index contributed by atoms with van der Waals surface area (Å²) in [6.07, 6.45) is 4.72. The lowest BCUT2D eigenvalue weighted by Crippen LogP contribution is -2.50. The van der Waals surface area contributed by atoms with Crippen LogP contribution in [-0.2, 0) is 21.6 Å². The molecule has 1 heterocycles. The van der Waals surface area contributed by atoms with E-state index >= 15 is 0 Å². The van der Waals surface area contributed by atoms with Crippen LogP contribution in [0.25, 0.3) is 5.57 Å². The SMILES string of the molecule is O=CCN(NCC(CCCN1CC=C(c2ccccc2F)CC1)(c1ccccc1)c1ccccc1)C(=O)OCc1ccccc1. The first-order valence-electron chi connectivity index (χ1n) is 15.5. The van der Waals surface area contributed by atoms with Gasteiger partial charge in [-0.25, -0.2) is 19.6 Å². The molecule has 0 spiro atoms. The van der Waals surface area contributed by atoms with Gasteiger partial charge in [0.05, 0.1) is 6.54 Å². The number of aldehydes is 1. The van der Waals surface area contributed by atoms with Gasteiger partial charge in [-0.05, 0) is 54.1 Å². The number of rotatable bonds is 14. The molecule has 4 aromatic carbocycles. The summed E-state index contributed by atoms with van der Waals surface area (Å²) < 4.78 is 19.9. The van der Waals surface area contributed by atoms with E-state index in [0.29, 0.717) is 18.4 Å². The van der Waals surface area contributed by atoms with Crippen molar-refractivity contribution in [2.45, 2.75) is 31.3 Å². The van der Waals surface area contributed by atoms with Crippen molar-refractivity contribution >= 4 is 18.0 Å². The second-order valence-electron chi connectivity index (χ2n) is 11.3. The first kappa shape index (κ1) is 31.8. The predicted molar refractivity (Wildman–Crippen MR) is 176 cm³/mol. The van der Waals surface area contributed by atoms with Crippen molar-refractivity contribution in [3.8, 4) is 0 Å². The van der Waals surface area contributed by atoms with Crippen LogP contribution in [0.5, 0.6) is 0 Å². The standard InChI is InChI=1S/C38H40FN3O3/c39-36-20-11-10-19-35(36)32-21-25-41(26-22-32)24-12-23-38(33-15-6-2-7-16-33,34-17-8-3-9-18-34)30-40-42(27-28-43)37(44)45-29-31-13-4-1-5-14-31/h1-11,13-21,28,40H,12,22-27,29-30H2. The van der Waals surface area contributed by atoms with Crippen molar-refractivity contribution in [1.82, 2.24) is 15.3 Å². The Morgan fingerprint density at radius 1 is 0.889 bits per heavy atom. The molecule has 0 saturated carbocycles. The highest BCUT2D eigenvalue weighted by molar-refractivity contribution is 5.71. The minimum Gasteiger partial charge on any atom is -0.444 e. The zero-order chi connectivity index (χ0) is 31.3. The van der Waals surface area contributed by atoms with Gasteiger partial charge in [0, 0.05) is 30.6 Å². The molecule has 1 N–H and O–H groups in total. The van der Waals surface area contributed by atoms with E-state index in [1.807, 2.05) is 78.9 Å². The second-order valence-corrected chi connectivity index (χ2v) is 11.3. The van der Waals surface area contributed by atoms with Crippen molar-refractivity contribution in [1.29, 1.82) is 0 Å². The molecule has 45 heavy (non-hydrogen) atoms. The topological polar surface area (TPSA) is 61.9 Å². The second kappa shape index (κ2) is 15.9. The van der Waals surface area contributed by atoms with E-state index in [1.54, 1.807) is 6.07 Å². The molecule has 0 bridgehead atoms. The number of ether oxygens (including phenoxy) is 1. The maximum atomic E-state index is 14.4. The molecule has 7 heteroatoms. The third-order valence-corrected chi connectivity index (χ3v) is 8.50. The van der Waals surface area contributed by atoms with Crippen LogP contribution < -0.4 is 5.43 Å². The predicted octanol–water partition coefficient (Wildman–Crippen LogP) is 7.02. The summed E-state index contributed by atoms with van der Waals surface area (Å²) in [6.45, 7) is 2.86. The summed E-state index contributed by atoms with van der Waals surface area (Å²) in [7, 11) is 0. The largest absolute Gasteiger partial charge is 0.444 e. The third-order valence-electron chi connectivity index (χ3n) is 8.50. The van der Waals surface area contributed by atoms with Gasteiger partial charge in [-0.1, -0.05) is 115 Å². The van der Waals surface area contributed by atoms with E-state index < -0.39 is 11.5 Å². The van der Waals surface area contributed by atoms with Crippen molar-refractivity contribution < 1.29 is 18.7 Å². The summed E-state index contributed by atoms with van der Waals surface area (Å²) in [5.74, 6) is -0.173. The van der Waals surface area contributed by atoms with E-state index in [0.717, 1.165) is 61.2 Å². The molecule has 0 radical (unpaired) electrons. The van der Waals surface area contributed by atoms with Gasteiger partial charge < -0.3 is 9.53 Å². The quantitative estimate of drug-likeness (QED) is 0.124. The maximum Gasteiger partial charge on any atom is 0.424 e. The van der Waals surface area contributed by atoms with Crippen molar-refractivity contribution in [3.63, 3.8) is 0 Å². The molecule has 1 aliphatic heterocycles. The molecule has 0 atom stereocenters. The Balaban J connectivity index is 1.32. The summed E-state index contributed by atoms with van der Waals surface area (Å²) in [5.41, 5.74) is 7.65. The Hall–Kier alpha value is -4.59. The Kier molecular flexibility index (Phi) is 11.3. The number of carbonyl (C=O) groups is 2. The van der Waals surface area contributed by atoms with Gasteiger partial charge in [0.25, 0.3) is 0 Å². The molecule has 6 nitrogen and oxygen atoms in total. The van der Waals surface area contributed by atoms with Crippen molar-refractivity contribution in [2.75, 3.05) is 32.7 Å². The summed E-state index contributed by atoms with van der Waals surface area (Å²) in [5, 5.41) is 1.26. The molecule has 0 fully saturated rings. The number of benzene rings is 4. The number of hydrazine groups is 1. The monoisotopic (exact) mass is 605 g/mol. The summed E-state index contributed by atoms with van der Waals surface area (Å²) >= 11 is 0. The fourth-order valence-electron chi connectivity index (χ4n) is 6.05. The van der Waals surface area contributed by atoms with E-state index in [-0.39, 0.29) is 19.0 Å². The lowest BCUT2D eigenvalue weighted by atomic mass is 9.71. The van der Waals surface area contributed by atoms with Gasteiger partial charge in [0.2, 0.25) is 0 Å². The van der Waals surface area contributed by atoms with Gasteiger partial charge >= 0.3 is 6.09 Å². The smallest absolute Gasteiger partial charge is 0.424 e. The number of nitrogens with one attached hydrogen (secondary N) is 1. The lowest BCUT2D eigenvalue weighted by Gasteiger charge is -2.38. The van der Waals surface area contributed by atoms with E-state index in [9.17, 15) is 14.0 Å². The zero-order valence-electron chi connectivity index (χ0n) is 25.5. The van der Waals surface area contributed by atoms with E-state index in [4.69, 9.17) is 4.74 Å². The Labute approximate surface area is 265 Å². The van der Waals surface area contributed by atoms with Crippen molar-refractivity contribution in [2.24, 2.45) is 0 Å². The Morgan fingerprint density at radius 3 is 2.11 bits per heavy atom. The lowest BCUT2D eigenvalue weighted by molar-refractivity contribution is -0.109. The number of nitrogens with zero attached hydrogens (tertiary/aromatic N) is 2. The molecule has 5 rings (SSSR count). The minimum atomic E-state index is -0.605. The molecule has 0 aromatic heterocycles. The van der Waals surface area contributed by atoms with Crippen LogP contribution in [0.15, 0.2) is 121 Å². The first-order chi connectivity index (χ1) is 22.1. The zero-order valence-corrected chi connectivity index (χ0v) is 25.5. The molecular formula is C38H40FN3O3. The van der Waals surface area contributed by atoms with Crippen LogP contribution in [0.2, 0.25) is 0 Å². The maximum absolute atomic E-state index is 14.4. The average molecular weight is 606 g/mol. The van der Waals surface area contributed by atoms with Crippen LogP contribution in [0.3, 0.4) is 0 Å². The Morgan fingerprint density at radius 2 is 1.51 bits per heavy atom. The molecule has 0 aliphatic carbocycles. The number of amides is 1. The molecule has 1 amide bonds. The van der Waals surface area contributed by atoms with Crippen LogP contribution in [0, 0.1) is 5.82 Å². The van der Waals surface area contributed by atoms with Gasteiger partial charge in [-0.15, -0.1) is 0 Å². The Bertz CT molecular complexity index is 1510. The third kappa shape index (κ3) is 8.32. The highest BCUT2D eigenvalue weighted by Crippen LogP contribution is 2.37. The first-order valence-corrected chi connectivity index (χ1v) is 15.5. The van der Waals surface area contributed by atoms with Gasteiger partial charge in [0.1, 0.15) is 18.7 Å². The molecule has 4 aromatic rings. The fraction of sp³-hybridized carbons (Fsp3) is 0.263. The highest BCUT2D eigenvalue weighted by Gasteiger charge is 2.35. The molecule has 0 saturated heterocycles. The van der Waals surface area contributed by atoms with Crippen LogP contribution in [-0.4, -0.2) is 55.0 Å². The van der Waals surface area contributed by atoms with E-state index in [2.05, 4.69) is 40.7 Å². The van der Waals surface area contributed by atoms with Gasteiger partial charge in [-0.2, -0.15) is 0 Å². The number of carbonyl (C=O) groups excluding carboxylic acids is 2. The average Bonchev–Trinajstić information content (AvgIpc) is 3.10. The number of hydrogen-bond donors (Lipinski definition) is 1. The van der Waals surface area contributed by atoms with Gasteiger partial charge in [0.15, 0.2) is 0 Å². The normalized spacial score (nSPS) is 13.6. The molecule has 0 unspecified atom stereocenters. The van der Waals surface area contributed by atoms with E-state index in [1.165, 1.54) is 11.1 Å². The summed E-state index contributed by atoms with van der Waals surface area (Å²) in [4.78, 5) is 27.1. The van der Waals surface area contributed by atoms with Crippen LogP contribution in [0.1, 0.15) is 41.5 Å². The fourth-order valence-corrected chi connectivity index (χ4v) is 6.05. The number of hydrogen-bond acceptors (Lipinski definition) is 5. The van der Waals surface area contributed by atoms with Gasteiger partial charge in [-0.3, -0.25) is 4.90 Å². The van der Waals surface area contributed by atoms with Crippen LogP contribution in [0.4, 0.5) is 9.18 Å².